The Kier molecular flexibility index (Phi) is 7.25. The first kappa shape index (κ1) is 24.1. The van der Waals surface area contributed by atoms with Crippen LogP contribution in [-0.2, 0) is 13.0 Å². The van der Waals surface area contributed by atoms with Gasteiger partial charge in [0, 0.05) is 61.6 Å². The van der Waals surface area contributed by atoms with Gasteiger partial charge in [0.05, 0.1) is 21.3 Å². The number of benzene rings is 2. The smallest absolute Gasteiger partial charge is 0.223 e. The van der Waals surface area contributed by atoms with Gasteiger partial charge in [-0.1, -0.05) is 41.4 Å². The number of aromatic amines is 1. The molecular weight excluding hydrogens is 479 g/mol. The monoisotopic (exact) mass is 508 g/mol. The molecule has 3 heterocycles. The first-order valence-corrected chi connectivity index (χ1v) is 12.8. The maximum atomic E-state index is 6.41. The van der Waals surface area contributed by atoms with Crippen molar-refractivity contribution in [2.45, 2.75) is 38.9 Å². The number of hydrogen-bond donors (Lipinski definition) is 3. The van der Waals surface area contributed by atoms with Gasteiger partial charge in [-0.05, 0) is 55.7 Å². The fourth-order valence-electron chi connectivity index (χ4n) is 4.66. The lowest BCUT2D eigenvalue weighted by Gasteiger charge is -2.37. The second kappa shape index (κ2) is 10.5. The molecule has 1 aliphatic heterocycles. The molecule has 3 N–H and O–H groups in total. The molecule has 0 aliphatic carbocycles. The highest BCUT2D eigenvalue weighted by molar-refractivity contribution is 6.39. The zero-order valence-electron chi connectivity index (χ0n) is 20.0. The number of halogens is 2. The van der Waals surface area contributed by atoms with E-state index in [0.717, 1.165) is 53.8 Å². The summed E-state index contributed by atoms with van der Waals surface area (Å²) in [5.41, 5.74) is 5.29. The Balaban J connectivity index is 1.24. The van der Waals surface area contributed by atoms with Crippen LogP contribution in [0.4, 0.5) is 5.95 Å². The summed E-state index contributed by atoms with van der Waals surface area (Å²) in [5, 5.41) is 9.19. The lowest BCUT2D eigenvalue weighted by atomic mass is 10.1. The second-order valence-corrected chi connectivity index (χ2v) is 10.2. The lowest BCUT2D eigenvalue weighted by Crippen LogP contribution is -2.53. The van der Waals surface area contributed by atoms with Crippen molar-refractivity contribution < 1.29 is 0 Å². The Bertz CT molecular complexity index is 1320. The summed E-state index contributed by atoms with van der Waals surface area (Å²) in [4.78, 5) is 14.8. The summed E-state index contributed by atoms with van der Waals surface area (Å²) in [7, 11) is 0. The molecule has 1 saturated heterocycles. The Labute approximate surface area is 216 Å². The quantitative estimate of drug-likeness (QED) is 0.295. The molecule has 5 rings (SSSR count). The topological polar surface area (TPSA) is 68.9 Å². The molecular formula is C27H30Cl2N6. The molecule has 2 aromatic carbocycles. The standard InChI is InChI=1S/C27H30Cl2N6/c1-17-15-35(18(2)13-32-17)16-20-4-3-5-21(10-20)25-7-9-31-27(34-25)30-8-6-19-11-22-24(29)14-33-26(22)23(28)12-19/h3-5,7,9-12,14,17-18,32-33H,6,8,13,15-16H2,1-2H3,(H,30,31,34)/t17-,18-/m0/s1. The zero-order valence-corrected chi connectivity index (χ0v) is 21.5. The van der Waals surface area contributed by atoms with E-state index in [1.165, 1.54) is 5.56 Å². The summed E-state index contributed by atoms with van der Waals surface area (Å²) in [6, 6.07) is 15.7. The van der Waals surface area contributed by atoms with Crippen molar-refractivity contribution in [2.75, 3.05) is 25.0 Å². The molecule has 182 valence electrons. The maximum Gasteiger partial charge on any atom is 0.223 e. The number of hydrogen-bond acceptors (Lipinski definition) is 5. The number of H-pyrrole nitrogens is 1. The van der Waals surface area contributed by atoms with Crippen LogP contribution in [-0.4, -0.2) is 51.6 Å². The molecule has 0 amide bonds. The van der Waals surface area contributed by atoms with Crippen LogP contribution >= 0.6 is 23.2 Å². The van der Waals surface area contributed by atoms with Crippen molar-refractivity contribution in [1.82, 2.24) is 25.2 Å². The van der Waals surface area contributed by atoms with Crippen molar-refractivity contribution in [3.63, 3.8) is 0 Å². The van der Waals surface area contributed by atoms with Gasteiger partial charge in [0.15, 0.2) is 0 Å². The van der Waals surface area contributed by atoms with Crippen LogP contribution in [0.3, 0.4) is 0 Å². The van der Waals surface area contributed by atoms with Gasteiger partial charge >= 0.3 is 0 Å². The van der Waals surface area contributed by atoms with Gasteiger partial charge in [0.1, 0.15) is 0 Å². The predicted molar refractivity (Wildman–Crippen MR) is 145 cm³/mol. The van der Waals surface area contributed by atoms with Crippen molar-refractivity contribution in [2.24, 2.45) is 0 Å². The van der Waals surface area contributed by atoms with E-state index in [9.17, 15) is 0 Å². The molecule has 0 bridgehead atoms. The van der Waals surface area contributed by atoms with Gasteiger partial charge in [-0.2, -0.15) is 0 Å². The molecule has 1 aliphatic rings. The molecule has 35 heavy (non-hydrogen) atoms. The van der Waals surface area contributed by atoms with E-state index in [0.29, 0.717) is 34.6 Å². The molecule has 2 aromatic heterocycles. The van der Waals surface area contributed by atoms with Crippen molar-refractivity contribution in [3.8, 4) is 11.3 Å². The SMILES string of the molecule is C[C@H]1CN(Cc2cccc(-c3ccnc(NCCc4cc(Cl)c5[nH]cc(Cl)c5c4)n3)c2)[C@@H](C)CN1. The van der Waals surface area contributed by atoms with E-state index >= 15 is 0 Å². The van der Waals surface area contributed by atoms with E-state index in [-0.39, 0.29) is 0 Å². The van der Waals surface area contributed by atoms with Crippen molar-refractivity contribution >= 4 is 40.1 Å². The minimum Gasteiger partial charge on any atom is -0.359 e. The normalized spacial score (nSPS) is 18.7. The van der Waals surface area contributed by atoms with E-state index in [1.807, 2.05) is 12.1 Å². The van der Waals surface area contributed by atoms with E-state index in [1.54, 1.807) is 12.4 Å². The van der Waals surface area contributed by atoms with Gasteiger partial charge in [0.25, 0.3) is 0 Å². The zero-order chi connectivity index (χ0) is 24.4. The summed E-state index contributed by atoms with van der Waals surface area (Å²) >= 11 is 12.7. The first-order chi connectivity index (χ1) is 17.0. The molecule has 1 fully saturated rings. The van der Waals surface area contributed by atoms with Gasteiger partial charge < -0.3 is 15.6 Å². The average Bonchev–Trinajstić information content (AvgIpc) is 3.23. The molecule has 4 aromatic rings. The molecule has 0 saturated carbocycles. The number of fused-ring (bicyclic) bond motifs is 1. The van der Waals surface area contributed by atoms with Crippen LogP contribution in [0.5, 0.6) is 0 Å². The molecule has 0 unspecified atom stereocenters. The van der Waals surface area contributed by atoms with E-state index in [2.05, 4.69) is 69.7 Å². The Morgan fingerprint density at radius 3 is 2.86 bits per heavy atom. The third-order valence-electron chi connectivity index (χ3n) is 6.60. The minimum absolute atomic E-state index is 0.517. The second-order valence-electron chi connectivity index (χ2n) is 9.37. The highest BCUT2D eigenvalue weighted by Crippen LogP contribution is 2.30. The fourth-order valence-corrected chi connectivity index (χ4v) is 5.16. The van der Waals surface area contributed by atoms with Gasteiger partial charge in [-0.15, -0.1) is 0 Å². The van der Waals surface area contributed by atoms with E-state index < -0.39 is 0 Å². The lowest BCUT2D eigenvalue weighted by molar-refractivity contribution is 0.139. The largest absolute Gasteiger partial charge is 0.359 e. The number of nitrogens with zero attached hydrogens (tertiary/aromatic N) is 3. The molecule has 2 atom stereocenters. The summed E-state index contributed by atoms with van der Waals surface area (Å²) in [6.07, 6.45) is 4.35. The highest BCUT2D eigenvalue weighted by Gasteiger charge is 2.22. The van der Waals surface area contributed by atoms with E-state index in [4.69, 9.17) is 28.2 Å². The van der Waals surface area contributed by atoms with Gasteiger partial charge in [0.2, 0.25) is 5.95 Å². The maximum absolute atomic E-state index is 6.41. The van der Waals surface area contributed by atoms with Crippen LogP contribution in [0.2, 0.25) is 10.0 Å². The molecule has 0 radical (unpaired) electrons. The number of piperazine rings is 1. The van der Waals surface area contributed by atoms with Gasteiger partial charge in [-0.25, -0.2) is 9.97 Å². The predicted octanol–water partition coefficient (Wildman–Crippen LogP) is 5.77. The first-order valence-electron chi connectivity index (χ1n) is 12.0. The molecule has 6 nitrogen and oxygen atoms in total. The summed E-state index contributed by atoms with van der Waals surface area (Å²) in [5.74, 6) is 0.615. The number of aromatic nitrogens is 3. The van der Waals surface area contributed by atoms with Crippen LogP contribution in [0.25, 0.3) is 22.2 Å². The number of rotatable bonds is 7. The third kappa shape index (κ3) is 5.62. The minimum atomic E-state index is 0.517. The Morgan fingerprint density at radius 2 is 1.97 bits per heavy atom. The molecule has 8 heteroatoms. The van der Waals surface area contributed by atoms with Crippen molar-refractivity contribution in [1.29, 1.82) is 0 Å². The highest BCUT2D eigenvalue weighted by atomic mass is 35.5. The summed E-state index contributed by atoms with van der Waals surface area (Å²) < 4.78 is 0. The Hall–Kier alpha value is -2.64. The fraction of sp³-hybridized carbons (Fsp3) is 0.333. The van der Waals surface area contributed by atoms with Crippen LogP contribution in [0.15, 0.2) is 54.9 Å². The average molecular weight is 509 g/mol. The van der Waals surface area contributed by atoms with Crippen molar-refractivity contribution in [3.05, 3.63) is 76.0 Å². The number of anilines is 1. The summed E-state index contributed by atoms with van der Waals surface area (Å²) in [6.45, 7) is 8.24. The van der Waals surface area contributed by atoms with Crippen LogP contribution in [0.1, 0.15) is 25.0 Å². The van der Waals surface area contributed by atoms with Crippen LogP contribution < -0.4 is 10.6 Å². The Morgan fingerprint density at radius 1 is 1.09 bits per heavy atom. The molecule has 0 spiro atoms. The van der Waals surface area contributed by atoms with Gasteiger partial charge in [-0.3, -0.25) is 4.90 Å². The van der Waals surface area contributed by atoms with Crippen LogP contribution in [0, 0.1) is 0 Å². The number of nitrogens with one attached hydrogen (secondary N) is 3. The third-order valence-corrected chi connectivity index (χ3v) is 7.22.